The lowest BCUT2D eigenvalue weighted by Crippen LogP contribution is -2.38. The average molecular weight is 316 g/mol. The summed E-state index contributed by atoms with van der Waals surface area (Å²) in [5.41, 5.74) is 1.68. The molecule has 3 nitrogen and oxygen atoms in total. The minimum atomic E-state index is -0.696. The number of carbonyl (C=O) groups is 1. The molecule has 1 aliphatic rings. The predicted octanol–water partition coefficient (Wildman–Crippen LogP) is 2.22. The number of rotatable bonds is 2. The van der Waals surface area contributed by atoms with Crippen LogP contribution in [0.1, 0.15) is 17.3 Å². The van der Waals surface area contributed by atoms with Crippen molar-refractivity contribution in [2.24, 2.45) is 0 Å². The number of carbonyl (C=O) groups excluding carboxylic acids is 1. The summed E-state index contributed by atoms with van der Waals surface area (Å²) in [6.07, 6.45) is 0. The number of hydrogen-bond acceptors (Lipinski definition) is 3. The van der Waals surface area contributed by atoms with Gasteiger partial charge in [-0.05, 0) is 25.1 Å². The van der Waals surface area contributed by atoms with E-state index < -0.39 is 10.8 Å². The van der Waals surface area contributed by atoms with Gasteiger partial charge in [0.05, 0.1) is 0 Å². The summed E-state index contributed by atoms with van der Waals surface area (Å²) in [7, 11) is -0.696. The smallest absolute Gasteiger partial charge is 0.161 e. The predicted molar refractivity (Wildman–Crippen MR) is 74.2 cm³/mol. The zero-order chi connectivity index (χ0) is 12.4. The van der Waals surface area contributed by atoms with Crippen LogP contribution >= 0.6 is 15.9 Å². The highest BCUT2D eigenvalue weighted by atomic mass is 79.9. The molecule has 0 aromatic heterocycles. The second-order valence-corrected chi connectivity index (χ2v) is 6.66. The summed E-state index contributed by atoms with van der Waals surface area (Å²) in [5, 5.41) is 0. The maximum atomic E-state index is 11.6. The van der Waals surface area contributed by atoms with Gasteiger partial charge in [-0.25, -0.2) is 0 Å². The zero-order valence-electron chi connectivity index (χ0n) is 9.61. The Bertz CT molecular complexity index is 466. The largest absolute Gasteiger partial charge is 0.369 e. The van der Waals surface area contributed by atoms with E-state index in [2.05, 4.69) is 20.8 Å². The van der Waals surface area contributed by atoms with E-state index in [-0.39, 0.29) is 5.78 Å². The van der Waals surface area contributed by atoms with Crippen LogP contribution in [0.3, 0.4) is 0 Å². The van der Waals surface area contributed by atoms with Crippen molar-refractivity contribution in [3.05, 3.63) is 28.2 Å². The fourth-order valence-electron chi connectivity index (χ4n) is 1.94. The number of ketones is 1. The summed E-state index contributed by atoms with van der Waals surface area (Å²) < 4.78 is 12.3. The molecule has 0 bridgehead atoms. The van der Waals surface area contributed by atoms with Crippen LogP contribution in [0, 0.1) is 0 Å². The summed E-state index contributed by atoms with van der Waals surface area (Å²) in [6, 6.07) is 5.68. The molecule has 0 amide bonds. The minimum absolute atomic E-state index is 0.0687. The van der Waals surface area contributed by atoms with Crippen LogP contribution in [0.5, 0.6) is 0 Å². The van der Waals surface area contributed by atoms with Gasteiger partial charge in [0.1, 0.15) is 0 Å². The van der Waals surface area contributed by atoms with E-state index in [1.807, 2.05) is 18.2 Å². The first-order valence-corrected chi connectivity index (χ1v) is 7.76. The van der Waals surface area contributed by atoms with E-state index in [0.717, 1.165) is 28.8 Å². The molecule has 0 saturated carbocycles. The summed E-state index contributed by atoms with van der Waals surface area (Å²) >= 11 is 3.43. The monoisotopic (exact) mass is 315 g/mol. The van der Waals surface area contributed by atoms with Crippen molar-refractivity contribution >= 4 is 38.2 Å². The van der Waals surface area contributed by atoms with Crippen LogP contribution < -0.4 is 4.90 Å². The number of hydrogen-bond donors (Lipinski definition) is 0. The molecule has 0 radical (unpaired) electrons. The van der Waals surface area contributed by atoms with E-state index in [1.165, 1.54) is 0 Å². The Morgan fingerprint density at radius 3 is 2.59 bits per heavy atom. The van der Waals surface area contributed by atoms with E-state index in [4.69, 9.17) is 0 Å². The Kier molecular flexibility index (Phi) is 3.99. The third-order valence-corrected chi connectivity index (χ3v) is 4.63. The van der Waals surface area contributed by atoms with Gasteiger partial charge in [0.15, 0.2) is 5.78 Å². The molecule has 1 fully saturated rings. The number of benzene rings is 1. The molecule has 1 heterocycles. The first kappa shape index (κ1) is 12.8. The Labute approximate surface area is 112 Å². The van der Waals surface area contributed by atoms with E-state index in [1.54, 1.807) is 6.92 Å². The van der Waals surface area contributed by atoms with Crippen molar-refractivity contribution in [1.29, 1.82) is 0 Å². The minimum Gasteiger partial charge on any atom is -0.369 e. The summed E-state index contributed by atoms with van der Waals surface area (Å²) in [5.74, 6) is 1.44. The van der Waals surface area contributed by atoms with Crippen LogP contribution in [0.2, 0.25) is 0 Å². The Morgan fingerprint density at radius 1 is 1.35 bits per heavy atom. The Balaban J connectivity index is 2.33. The van der Waals surface area contributed by atoms with Gasteiger partial charge >= 0.3 is 0 Å². The first-order valence-electron chi connectivity index (χ1n) is 5.48. The third kappa shape index (κ3) is 2.96. The molecule has 1 aliphatic heterocycles. The number of nitrogens with zero attached hydrogens (tertiary/aromatic N) is 1. The highest BCUT2D eigenvalue weighted by Crippen LogP contribution is 2.26. The molecule has 0 spiro atoms. The number of Topliss-reactive ketones (excluding diaryl/α,β-unsaturated/α-hetero) is 1. The second-order valence-electron chi connectivity index (χ2n) is 4.05. The van der Waals surface area contributed by atoms with E-state index >= 15 is 0 Å². The van der Waals surface area contributed by atoms with Crippen molar-refractivity contribution in [3.63, 3.8) is 0 Å². The van der Waals surface area contributed by atoms with Crippen molar-refractivity contribution in [2.75, 3.05) is 29.5 Å². The van der Waals surface area contributed by atoms with Gasteiger partial charge in [-0.3, -0.25) is 9.00 Å². The van der Waals surface area contributed by atoms with Gasteiger partial charge in [0.25, 0.3) is 0 Å². The first-order chi connectivity index (χ1) is 8.08. The molecule has 2 rings (SSSR count). The van der Waals surface area contributed by atoms with Crippen LogP contribution in [0.25, 0.3) is 0 Å². The van der Waals surface area contributed by atoms with Crippen LogP contribution in [0.4, 0.5) is 5.69 Å². The molecule has 1 saturated heterocycles. The molecule has 1 aromatic rings. The molecule has 0 atom stereocenters. The second kappa shape index (κ2) is 5.31. The van der Waals surface area contributed by atoms with E-state index in [9.17, 15) is 9.00 Å². The quantitative estimate of drug-likeness (QED) is 0.785. The van der Waals surface area contributed by atoms with Gasteiger partial charge in [0, 0.05) is 51.1 Å². The zero-order valence-corrected chi connectivity index (χ0v) is 12.0. The molecule has 17 heavy (non-hydrogen) atoms. The fraction of sp³-hybridized carbons (Fsp3) is 0.417. The van der Waals surface area contributed by atoms with Gasteiger partial charge in [-0.1, -0.05) is 15.9 Å². The van der Waals surface area contributed by atoms with Crippen molar-refractivity contribution in [3.8, 4) is 0 Å². The lowest BCUT2D eigenvalue weighted by atomic mass is 10.1. The van der Waals surface area contributed by atoms with Gasteiger partial charge in [-0.15, -0.1) is 0 Å². The SMILES string of the molecule is CC(=O)c1ccc(Br)cc1N1CCS(=O)CC1. The van der Waals surface area contributed by atoms with Crippen molar-refractivity contribution in [2.45, 2.75) is 6.92 Å². The molecule has 1 aromatic carbocycles. The highest BCUT2D eigenvalue weighted by Gasteiger charge is 2.19. The molecule has 0 N–H and O–H groups in total. The average Bonchev–Trinajstić information content (AvgIpc) is 2.29. The number of halogens is 1. The van der Waals surface area contributed by atoms with Gasteiger partial charge in [0.2, 0.25) is 0 Å². The maximum Gasteiger partial charge on any atom is 0.161 e. The molecule has 92 valence electrons. The lowest BCUT2D eigenvalue weighted by molar-refractivity contribution is 0.101. The molecule has 0 aliphatic carbocycles. The van der Waals surface area contributed by atoms with Crippen LogP contribution in [-0.4, -0.2) is 34.6 Å². The van der Waals surface area contributed by atoms with Gasteiger partial charge in [-0.2, -0.15) is 0 Å². The fourth-order valence-corrected chi connectivity index (χ4v) is 3.34. The lowest BCUT2D eigenvalue weighted by Gasteiger charge is -2.30. The standard InChI is InChI=1S/C12H14BrNO2S/c1-9(15)11-3-2-10(13)8-12(11)14-4-6-17(16)7-5-14/h2-3,8H,4-7H2,1H3. The summed E-state index contributed by atoms with van der Waals surface area (Å²) in [6.45, 7) is 3.08. The Morgan fingerprint density at radius 2 is 2.00 bits per heavy atom. The van der Waals surface area contributed by atoms with Gasteiger partial charge < -0.3 is 4.90 Å². The van der Waals surface area contributed by atoms with Crippen molar-refractivity contribution < 1.29 is 9.00 Å². The molecule has 0 unspecified atom stereocenters. The van der Waals surface area contributed by atoms with E-state index in [0.29, 0.717) is 11.5 Å². The topological polar surface area (TPSA) is 37.4 Å². The highest BCUT2D eigenvalue weighted by molar-refractivity contribution is 9.10. The molecular weight excluding hydrogens is 302 g/mol. The molecular formula is C12H14BrNO2S. The van der Waals surface area contributed by atoms with Crippen LogP contribution in [-0.2, 0) is 10.8 Å². The van der Waals surface area contributed by atoms with Crippen molar-refractivity contribution in [1.82, 2.24) is 0 Å². The Hall–Kier alpha value is -0.680. The normalized spacial score (nSPS) is 17.2. The summed E-state index contributed by atoms with van der Waals surface area (Å²) in [4.78, 5) is 13.7. The molecule has 5 heteroatoms. The van der Waals surface area contributed by atoms with Crippen LogP contribution in [0.15, 0.2) is 22.7 Å². The maximum absolute atomic E-state index is 11.6. The number of anilines is 1. The third-order valence-electron chi connectivity index (χ3n) is 2.86.